The zero-order valence-corrected chi connectivity index (χ0v) is 22.1. The van der Waals surface area contributed by atoms with Gasteiger partial charge < -0.3 is 10.1 Å². The van der Waals surface area contributed by atoms with Gasteiger partial charge in [-0.15, -0.1) is 0 Å². The predicted molar refractivity (Wildman–Crippen MR) is 142 cm³/mol. The van der Waals surface area contributed by atoms with Crippen LogP contribution in [0.15, 0.2) is 77.7 Å². The van der Waals surface area contributed by atoms with E-state index in [0.717, 1.165) is 27.9 Å². The normalized spacial score (nSPS) is 21.1. The Morgan fingerprint density at radius 2 is 1.68 bits per heavy atom. The van der Waals surface area contributed by atoms with E-state index < -0.39 is 33.0 Å². The second-order valence-electron chi connectivity index (χ2n) is 10.7. The van der Waals surface area contributed by atoms with Crippen molar-refractivity contribution in [2.75, 3.05) is 18.1 Å². The summed E-state index contributed by atoms with van der Waals surface area (Å²) in [5.41, 5.74) is 2.25. The first-order valence-electron chi connectivity index (χ1n) is 12.2. The molecular formula is C29H30N2O5S. The van der Waals surface area contributed by atoms with Crippen molar-refractivity contribution in [2.45, 2.75) is 49.1 Å². The van der Waals surface area contributed by atoms with Crippen molar-refractivity contribution >= 4 is 27.5 Å². The van der Waals surface area contributed by atoms with E-state index in [1.807, 2.05) is 75.4 Å². The van der Waals surface area contributed by atoms with Crippen molar-refractivity contribution in [2.24, 2.45) is 0 Å². The van der Waals surface area contributed by atoms with E-state index in [0.29, 0.717) is 13.0 Å². The molecule has 192 valence electrons. The lowest BCUT2D eigenvalue weighted by molar-refractivity contribution is -0.121. The fraction of sp³-hybridized carbons (Fsp3) is 0.310. The Labute approximate surface area is 217 Å². The number of anilines is 1. The lowest BCUT2D eigenvalue weighted by Crippen LogP contribution is -2.44. The first-order chi connectivity index (χ1) is 17.4. The molecule has 3 aromatic carbocycles. The number of sulfone groups is 1. The summed E-state index contributed by atoms with van der Waals surface area (Å²) in [6, 6.07) is 21.4. The van der Waals surface area contributed by atoms with Crippen molar-refractivity contribution in [1.82, 2.24) is 4.90 Å². The SMILES string of the molecule is CC(C)(C)OC(=O)N1CC[C@]2(C(=O)Nc3ccccc32)[C@H]1c1cccc(-c2cccc(S(C)(=O)=O)c2)c1. The second kappa shape index (κ2) is 8.73. The number of hydrogen-bond donors (Lipinski definition) is 1. The lowest BCUT2D eigenvalue weighted by Gasteiger charge is -2.35. The van der Waals surface area contributed by atoms with Gasteiger partial charge in [0.05, 0.1) is 10.9 Å². The molecule has 0 bridgehead atoms. The zero-order valence-electron chi connectivity index (χ0n) is 21.3. The standard InChI is InChI=1S/C29H30N2O5S/c1-28(2,3)36-27(33)31-16-15-29(23-13-5-6-14-24(23)30-26(29)32)25(31)21-11-7-9-19(17-21)20-10-8-12-22(18-20)37(4,34)35/h5-14,17-18,25H,15-16H2,1-4H3,(H,30,32)/t25-,29-/m1/s1. The van der Waals surface area contributed by atoms with Crippen LogP contribution < -0.4 is 5.32 Å². The average Bonchev–Trinajstić information content (AvgIpc) is 3.37. The van der Waals surface area contributed by atoms with Crippen LogP contribution in [0.4, 0.5) is 10.5 Å². The van der Waals surface area contributed by atoms with Gasteiger partial charge in [0, 0.05) is 18.5 Å². The number of amides is 2. The van der Waals surface area contributed by atoms with Crippen molar-refractivity contribution in [3.8, 4) is 11.1 Å². The molecule has 2 aliphatic rings. The Morgan fingerprint density at radius 1 is 1.00 bits per heavy atom. The molecule has 0 saturated carbocycles. The molecule has 0 aliphatic carbocycles. The second-order valence-corrected chi connectivity index (χ2v) is 12.7. The molecule has 1 N–H and O–H groups in total. The summed E-state index contributed by atoms with van der Waals surface area (Å²) in [7, 11) is -3.38. The van der Waals surface area contributed by atoms with Crippen LogP contribution in [-0.4, -0.2) is 43.7 Å². The average molecular weight is 519 g/mol. The molecule has 2 aliphatic heterocycles. The minimum atomic E-state index is -3.38. The Bertz CT molecular complexity index is 1510. The summed E-state index contributed by atoms with van der Waals surface area (Å²) in [5, 5.41) is 3.02. The van der Waals surface area contributed by atoms with E-state index in [9.17, 15) is 18.0 Å². The number of hydrogen-bond acceptors (Lipinski definition) is 5. The topological polar surface area (TPSA) is 92.8 Å². The van der Waals surface area contributed by atoms with Crippen LogP contribution >= 0.6 is 0 Å². The number of carbonyl (C=O) groups is 2. The summed E-state index contributed by atoms with van der Waals surface area (Å²) in [4.78, 5) is 28.9. The van der Waals surface area contributed by atoms with Gasteiger partial charge in [-0.2, -0.15) is 0 Å². The number of likely N-dealkylation sites (tertiary alicyclic amines) is 1. The fourth-order valence-electron chi connectivity index (χ4n) is 5.46. The Kier molecular flexibility index (Phi) is 5.90. The van der Waals surface area contributed by atoms with Crippen molar-refractivity contribution in [3.63, 3.8) is 0 Å². The quantitative estimate of drug-likeness (QED) is 0.506. The van der Waals surface area contributed by atoms with Gasteiger partial charge in [-0.3, -0.25) is 9.69 Å². The molecule has 0 unspecified atom stereocenters. The van der Waals surface area contributed by atoms with Crippen molar-refractivity contribution in [3.05, 3.63) is 83.9 Å². The highest BCUT2D eigenvalue weighted by Crippen LogP contribution is 2.55. The summed E-state index contributed by atoms with van der Waals surface area (Å²) in [5.74, 6) is -0.144. The van der Waals surface area contributed by atoms with E-state index in [1.54, 1.807) is 23.1 Å². The van der Waals surface area contributed by atoms with Crippen LogP contribution in [-0.2, 0) is 24.8 Å². The summed E-state index contributed by atoms with van der Waals surface area (Å²) in [6.07, 6.45) is 1.16. The van der Waals surface area contributed by atoms with Gasteiger partial charge in [0.25, 0.3) is 0 Å². The third-order valence-corrected chi connectivity index (χ3v) is 8.12. The summed E-state index contributed by atoms with van der Waals surface area (Å²) in [6.45, 7) is 5.81. The Morgan fingerprint density at radius 3 is 2.38 bits per heavy atom. The molecule has 7 nitrogen and oxygen atoms in total. The molecule has 3 aromatic rings. The number of ether oxygens (including phenoxy) is 1. The van der Waals surface area contributed by atoms with Crippen LogP contribution in [0.1, 0.15) is 44.4 Å². The highest BCUT2D eigenvalue weighted by molar-refractivity contribution is 7.90. The smallest absolute Gasteiger partial charge is 0.410 e. The van der Waals surface area contributed by atoms with Gasteiger partial charge in [0.15, 0.2) is 9.84 Å². The molecule has 0 radical (unpaired) electrons. The highest BCUT2D eigenvalue weighted by Gasteiger charge is 2.59. The number of carbonyl (C=O) groups excluding carboxylic acids is 2. The van der Waals surface area contributed by atoms with Crippen LogP contribution in [0, 0.1) is 0 Å². The molecule has 2 atom stereocenters. The third-order valence-electron chi connectivity index (χ3n) is 7.01. The van der Waals surface area contributed by atoms with Gasteiger partial charge in [0.1, 0.15) is 11.0 Å². The maximum atomic E-state index is 13.6. The first-order valence-corrected chi connectivity index (χ1v) is 14.1. The maximum Gasteiger partial charge on any atom is 0.410 e. The van der Waals surface area contributed by atoms with E-state index in [-0.39, 0.29) is 10.8 Å². The maximum absolute atomic E-state index is 13.6. The molecule has 2 amide bonds. The molecule has 0 aromatic heterocycles. The number of fused-ring (bicyclic) bond motifs is 2. The largest absolute Gasteiger partial charge is 0.444 e. The minimum absolute atomic E-state index is 0.144. The molecule has 1 spiro atoms. The summed E-state index contributed by atoms with van der Waals surface area (Å²) < 4.78 is 30.0. The number of benzene rings is 3. The molecular weight excluding hydrogens is 488 g/mol. The Balaban J connectivity index is 1.65. The fourth-order valence-corrected chi connectivity index (χ4v) is 6.13. The highest BCUT2D eigenvalue weighted by atomic mass is 32.2. The van der Waals surface area contributed by atoms with Gasteiger partial charge in [-0.25, -0.2) is 13.2 Å². The molecule has 37 heavy (non-hydrogen) atoms. The van der Waals surface area contributed by atoms with Crippen LogP contribution in [0.3, 0.4) is 0 Å². The lowest BCUT2D eigenvalue weighted by atomic mass is 9.72. The van der Waals surface area contributed by atoms with Crippen LogP contribution in [0.25, 0.3) is 11.1 Å². The van der Waals surface area contributed by atoms with E-state index in [1.165, 1.54) is 6.26 Å². The number of nitrogens with one attached hydrogen (secondary N) is 1. The molecule has 1 saturated heterocycles. The molecule has 8 heteroatoms. The number of nitrogens with zero attached hydrogens (tertiary/aromatic N) is 1. The molecule has 5 rings (SSSR count). The zero-order chi connectivity index (χ0) is 26.6. The van der Waals surface area contributed by atoms with Crippen molar-refractivity contribution in [1.29, 1.82) is 0 Å². The van der Waals surface area contributed by atoms with Crippen LogP contribution in [0.5, 0.6) is 0 Å². The van der Waals surface area contributed by atoms with E-state index in [4.69, 9.17) is 4.74 Å². The number of para-hydroxylation sites is 1. The third kappa shape index (κ3) is 4.39. The van der Waals surface area contributed by atoms with Gasteiger partial charge in [-0.05, 0) is 73.7 Å². The van der Waals surface area contributed by atoms with Crippen LogP contribution in [0.2, 0.25) is 0 Å². The van der Waals surface area contributed by atoms with Gasteiger partial charge in [-0.1, -0.05) is 48.5 Å². The number of rotatable bonds is 3. The predicted octanol–water partition coefficient (Wildman–Crippen LogP) is 5.33. The first kappa shape index (κ1) is 25.0. The van der Waals surface area contributed by atoms with Gasteiger partial charge >= 0.3 is 6.09 Å². The monoisotopic (exact) mass is 518 g/mol. The summed E-state index contributed by atoms with van der Waals surface area (Å²) >= 11 is 0. The molecule has 2 heterocycles. The molecule has 1 fully saturated rings. The van der Waals surface area contributed by atoms with E-state index >= 15 is 0 Å². The minimum Gasteiger partial charge on any atom is -0.444 e. The van der Waals surface area contributed by atoms with Crippen molar-refractivity contribution < 1.29 is 22.7 Å². The Hall–Kier alpha value is -3.65. The van der Waals surface area contributed by atoms with Gasteiger partial charge in [0.2, 0.25) is 5.91 Å². The van der Waals surface area contributed by atoms with E-state index in [2.05, 4.69) is 5.32 Å².